The largest absolute Gasteiger partial charge is 0.378 e. The fourth-order valence-corrected chi connectivity index (χ4v) is 3.33. The Balaban J connectivity index is 1.62. The molecule has 5 heteroatoms. The van der Waals surface area contributed by atoms with Crippen LogP contribution in [0.4, 0.5) is 0 Å². The summed E-state index contributed by atoms with van der Waals surface area (Å²) in [5.74, 6) is 0.758. The molecule has 1 fully saturated rings. The van der Waals surface area contributed by atoms with E-state index in [1.807, 2.05) is 24.5 Å². The number of carbonyl (C=O) groups excluding carboxylic acids is 1. The van der Waals surface area contributed by atoms with E-state index in [-0.39, 0.29) is 0 Å². The van der Waals surface area contributed by atoms with Gasteiger partial charge in [0.05, 0.1) is 6.10 Å². The van der Waals surface area contributed by atoms with Crippen molar-refractivity contribution in [3.63, 3.8) is 0 Å². The first kappa shape index (κ1) is 17.5. The van der Waals surface area contributed by atoms with Crippen LogP contribution in [0.15, 0.2) is 36.7 Å². The van der Waals surface area contributed by atoms with Crippen molar-refractivity contribution in [1.82, 2.24) is 9.97 Å². The molecule has 0 spiro atoms. The Bertz CT molecular complexity index is 690. The zero-order valence-corrected chi connectivity index (χ0v) is 14.6. The van der Waals surface area contributed by atoms with Crippen LogP contribution >= 0.6 is 0 Å². The zero-order chi connectivity index (χ0) is 17.6. The number of hydrogen-bond acceptors (Lipinski definition) is 4. The molecule has 0 unspecified atom stereocenters. The Kier molecular flexibility index (Phi) is 5.76. The van der Waals surface area contributed by atoms with Gasteiger partial charge in [0.1, 0.15) is 0 Å². The van der Waals surface area contributed by atoms with Gasteiger partial charge in [0.25, 0.3) is 0 Å². The van der Waals surface area contributed by atoms with Crippen LogP contribution in [0.25, 0.3) is 11.4 Å². The van der Waals surface area contributed by atoms with Crippen LogP contribution in [0.3, 0.4) is 0 Å². The molecule has 5 nitrogen and oxygen atoms in total. The smallest absolute Gasteiger partial charge is 0.248 e. The summed E-state index contributed by atoms with van der Waals surface area (Å²) < 4.78 is 5.86. The lowest BCUT2D eigenvalue weighted by Crippen LogP contribution is -2.21. The van der Waals surface area contributed by atoms with Crippen LogP contribution in [0, 0.1) is 0 Å². The van der Waals surface area contributed by atoms with Crippen molar-refractivity contribution in [1.29, 1.82) is 0 Å². The fourth-order valence-electron chi connectivity index (χ4n) is 3.33. The van der Waals surface area contributed by atoms with Crippen LogP contribution in [-0.4, -0.2) is 28.6 Å². The summed E-state index contributed by atoms with van der Waals surface area (Å²) in [6, 6.07) is 7.05. The molecule has 25 heavy (non-hydrogen) atoms. The van der Waals surface area contributed by atoms with Crippen LogP contribution in [0.5, 0.6) is 0 Å². The summed E-state index contributed by atoms with van der Waals surface area (Å²) in [7, 11) is 0. The molecule has 0 atom stereocenters. The molecule has 1 aliphatic carbocycles. The molecular weight excluding hydrogens is 314 g/mol. The summed E-state index contributed by atoms with van der Waals surface area (Å²) in [5.41, 5.74) is 7.83. The molecule has 0 aliphatic heterocycles. The lowest BCUT2D eigenvalue weighted by atomic mass is 9.84. The molecule has 1 aliphatic rings. The summed E-state index contributed by atoms with van der Waals surface area (Å²) in [4.78, 5) is 20.1. The maximum Gasteiger partial charge on any atom is 0.248 e. The molecule has 132 valence electrons. The minimum Gasteiger partial charge on any atom is -0.378 e. The lowest BCUT2D eigenvalue weighted by molar-refractivity contribution is 0.0251. The first-order valence-electron chi connectivity index (χ1n) is 9.01. The number of hydrogen-bond donors (Lipinski definition) is 1. The van der Waals surface area contributed by atoms with E-state index in [0.717, 1.165) is 44.3 Å². The van der Waals surface area contributed by atoms with Crippen LogP contribution in [0.1, 0.15) is 60.9 Å². The van der Waals surface area contributed by atoms with E-state index in [2.05, 4.69) is 16.9 Å². The van der Waals surface area contributed by atoms with E-state index < -0.39 is 5.91 Å². The van der Waals surface area contributed by atoms with Gasteiger partial charge in [-0.25, -0.2) is 9.97 Å². The van der Waals surface area contributed by atoms with Crippen molar-refractivity contribution in [2.75, 3.05) is 6.61 Å². The number of aromatic nitrogens is 2. The number of nitrogens with zero attached hydrogens (tertiary/aromatic N) is 2. The van der Waals surface area contributed by atoms with Crippen molar-refractivity contribution in [2.24, 2.45) is 5.73 Å². The molecule has 2 N–H and O–H groups in total. The molecule has 1 amide bonds. The molecule has 1 saturated carbocycles. The quantitative estimate of drug-likeness (QED) is 0.870. The van der Waals surface area contributed by atoms with Gasteiger partial charge < -0.3 is 10.5 Å². The first-order chi connectivity index (χ1) is 12.2. The van der Waals surface area contributed by atoms with Gasteiger partial charge >= 0.3 is 0 Å². The molecule has 0 bridgehead atoms. The zero-order valence-electron chi connectivity index (χ0n) is 14.6. The Morgan fingerprint density at radius 1 is 1.12 bits per heavy atom. The van der Waals surface area contributed by atoms with Gasteiger partial charge in [-0.3, -0.25) is 4.79 Å². The van der Waals surface area contributed by atoms with Gasteiger partial charge in [0.2, 0.25) is 5.91 Å². The molecule has 0 radical (unpaired) electrons. The van der Waals surface area contributed by atoms with Gasteiger partial charge in [0, 0.05) is 30.1 Å². The second-order valence-corrected chi connectivity index (χ2v) is 6.63. The predicted octanol–water partition coefficient (Wildman–Crippen LogP) is 3.70. The third-order valence-electron chi connectivity index (χ3n) is 4.80. The van der Waals surface area contributed by atoms with Gasteiger partial charge in [0.15, 0.2) is 5.82 Å². The molecule has 1 heterocycles. The average molecular weight is 339 g/mol. The molecular formula is C20H25N3O2. The maximum atomic E-state index is 11.1. The highest BCUT2D eigenvalue weighted by Crippen LogP contribution is 2.33. The monoisotopic (exact) mass is 339 g/mol. The first-order valence-corrected chi connectivity index (χ1v) is 9.01. The van der Waals surface area contributed by atoms with Gasteiger partial charge in [-0.1, -0.05) is 19.1 Å². The number of rotatable bonds is 6. The number of amides is 1. The summed E-state index contributed by atoms with van der Waals surface area (Å²) >= 11 is 0. The van der Waals surface area contributed by atoms with Crippen molar-refractivity contribution >= 4 is 5.91 Å². The van der Waals surface area contributed by atoms with E-state index in [1.54, 1.807) is 12.1 Å². The molecule has 1 aromatic carbocycles. The number of carbonyl (C=O) groups is 1. The number of ether oxygens (including phenoxy) is 1. The summed E-state index contributed by atoms with van der Waals surface area (Å²) in [6.45, 7) is 3.01. The number of nitrogens with two attached hydrogens (primary N) is 1. The molecule has 1 aromatic heterocycles. The highest BCUT2D eigenvalue weighted by atomic mass is 16.5. The topological polar surface area (TPSA) is 78.1 Å². The normalized spacial score (nSPS) is 20.4. The SMILES string of the molecule is CCCO[C@H]1CC[C@H](c2cnc(-c3ccc(C(N)=O)cc3)nc2)CC1. The highest BCUT2D eigenvalue weighted by molar-refractivity contribution is 5.93. The summed E-state index contributed by atoms with van der Waals surface area (Å²) in [5, 5.41) is 0. The van der Waals surface area contributed by atoms with E-state index in [4.69, 9.17) is 10.5 Å². The van der Waals surface area contributed by atoms with Gasteiger partial charge in [-0.2, -0.15) is 0 Å². The van der Waals surface area contributed by atoms with Crippen LogP contribution in [-0.2, 0) is 4.74 Å². The molecule has 3 rings (SSSR count). The average Bonchev–Trinajstić information content (AvgIpc) is 2.67. The van der Waals surface area contributed by atoms with E-state index >= 15 is 0 Å². The van der Waals surface area contributed by atoms with Gasteiger partial charge in [-0.05, 0) is 55.7 Å². The Morgan fingerprint density at radius 3 is 2.32 bits per heavy atom. The van der Waals surface area contributed by atoms with Crippen molar-refractivity contribution in [3.05, 3.63) is 47.8 Å². The van der Waals surface area contributed by atoms with Crippen molar-refractivity contribution in [3.8, 4) is 11.4 Å². The number of benzene rings is 1. The minimum absolute atomic E-state index is 0.417. The minimum atomic E-state index is -0.429. The Morgan fingerprint density at radius 2 is 1.76 bits per heavy atom. The highest BCUT2D eigenvalue weighted by Gasteiger charge is 2.23. The molecule has 0 saturated heterocycles. The number of primary amides is 1. The Hall–Kier alpha value is -2.27. The lowest BCUT2D eigenvalue weighted by Gasteiger charge is -2.28. The van der Waals surface area contributed by atoms with Crippen molar-refractivity contribution < 1.29 is 9.53 Å². The molecule has 2 aromatic rings. The van der Waals surface area contributed by atoms with Crippen LogP contribution < -0.4 is 5.73 Å². The maximum absolute atomic E-state index is 11.1. The Labute approximate surface area is 148 Å². The van der Waals surface area contributed by atoms with Gasteiger partial charge in [-0.15, -0.1) is 0 Å². The summed E-state index contributed by atoms with van der Waals surface area (Å²) in [6.07, 6.45) is 9.84. The van der Waals surface area contributed by atoms with Crippen LogP contribution in [0.2, 0.25) is 0 Å². The van der Waals surface area contributed by atoms with E-state index in [1.165, 1.54) is 5.56 Å². The fraction of sp³-hybridized carbons (Fsp3) is 0.450. The second kappa shape index (κ2) is 8.21. The van der Waals surface area contributed by atoms with Crippen molar-refractivity contribution in [2.45, 2.75) is 51.0 Å². The third kappa shape index (κ3) is 4.42. The standard InChI is InChI=1S/C20H25N3O2/c1-2-11-25-18-9-7-14(8-10-18)17-12-22-20(23-13-17)16-5-3-15(4-6-16)19(21)24/h3-6,12-14,18H,2,7-11H2,1H3,(H2,21,24)/t14-,18-. The van der Waals surface area contributed by atoms with E-state index in [0.29, 0.717) is 23.4 Å². The second-order valence-electron chi connectivity index (χ2n) is 6.63. The van der Waals surface area contributed by atoms with E-state index in [9.17, 15) is 4.79 Å². The third-order valence-corrected chi connectivity index (χ3v) is 4.80. The predicted molar refractivity (Wildman–Crippen MR) is 97.2 cm³/mol.